The number of halogens is 1. The molecule has 1 aromatic carbocycles. The number of para-hydroxylation sites is 1. The quantitative estimate of drug-likeness (QED) is 0.903. The number of aliphatic hydroxyl groups is 1. The molecule has 1 aromatic heterocycles. The SMILES string of the molecule is CCCc1nccn1-c1c(F)cccc1[C@@H](C)O. The van der Waals surface area contributed by atoms with Crippen LogP contribution >= 0.6 is 0 Å². The highest BCUT2D eigenvalue weighted by Gasteiger charge is 2.16. The minimum absolute atomic E-state index is 0.344. The molecule has 2 aromatic rings. The molecule has 0 unspecified atom stereocenters. The predicted octanol–water partition coefficient (Wildman–Crippen LogP) is 3.02. The topological polar surface area (TPSA) is 38.0 Å². The molecule has 2 rings (SSSR count). The number of rotatable bonds is 4. The molecule has 3 nitrogen and oxygen atoms in total. The third kappa shape index (κ3) is 2.29. The summed E-state index contributed by atoms with van der Waals surface area (Å²) in [6.07, 6.45) is 4.39. The van der Waals surface area contributed by atoms with Crippen molar-refractivity contribution in [2.45, 2.75) is 32.8 Å². The Labute approximate surface area is 106 Å². The summed E-state index contributed by atoms with van der Waals surface area (Å²) >= 11 is 0. The molecule has 0 amide bonds. The second kappa shape index (κ2) is 5.31. The zero-order chi connectivity index (χ0) is 13.1. The highest BCUT2D eigenvalue weighted by molar-refractivity contribution is 5.44. The van der Waals surface area contributed by atoms with Gasteiger partial charge in [-0.05, 0) is 19.4 Å². The van der Waals surface area contributed by atoms with Crippen molar-refractivity contribution in [1.82, 2.24) is 9.55 Å². The summed E-state index contributed by atoms with van der Waals surface area (Å²) in [4.78, 5) is 4.24. The molecule has 18 heavy (non-hydrogen) atoms. The largest absolute Gasteiger partial charge is 0.389 e. The van der Waals surface area contributed by atoms with Crippen LogP contribution in [-0.4, -0.2) is 14.7 Å². The van der Waals surface area contributed by atoms with Crippen molar-refractivity contribution in [2.24, 2.45) is 0 Å². The van der Waals surface area contributed by atoms with Gasteiger partial charge in [0.25, 0.3) is 0 Å². The lowest BCUT2D eigenvalue weighted by Gasteiger charge is -2.15. The molecule has 0 fully saturated rings. The van der Waals surface area contributed by atoms with Crippen LogP contribution in [0.1, 0.15) is 37.8 Å². The van der Waals surface area contributed by atoms with E-state index >= 15 is 0 Å². The average molecular weight is 248 g/mol. The van der Waals surface area contributed by atoms with Crippen LogP contribution in [-0.2, 0) is 6.42 Å². The molecule has 1 atom stereocenters. The van der Waals surface area contributed by atoms with Gasteiger partial charge >= 0.3 is 0 Å². The number of nitrogens with zero attached hydrogens (tertiary/aromatic N) is 2. The molecule has 0 saturated carbocycles. The van der Waals surface area contributed by atoms with Gasteiger partial charge in [-0.25, -0.2) is 9.37 Å². The van der Waals surface area contributed by atoms with E-state index in [9.17, 15) is 9.50 Å². The second-order valence-electron chi connectivity index (χ2n) is 4.32. The fraction of sp³-hybridized carbons (Fsp3) is 0.357. The first-order chi connectivity index (χ1) is 8.65. The first kappa shape index (κ1) is 12.8. The Bertz CT molecular complexity index is 534. The van der Waals surface area contributed by atoms with Crippen LogP contribution < -0.4 is 0 Å². The van der Waals surface area contributed by atoms with Crippen LogP contribution in [0.25, 0.3) is 5.69 Å². The van der Waals surface area contributed by atoms with E-state index in [-0.39, 0.29) is 5.82 Å². The zero-order valence-electron chi connectivity index (χ0n) is 10.6. The van der Waals surface area contributed by atoms with Crippen molar-refractivity contribution in [1.29, 1.82) is 0 Å². The fourth-order valence-electron chi connectivity index (χ4n) is 2.07. The molecule has 4 heteroatoms. The first-order valence-electron chi connectivity index (χ1n) is 6.14. The van der Waals surface area contributed by atoms with Crippen LogP contribution in [0.2, 0.25) is 0 Å². The standard InChI is InChI=1S/C14H17FN2O/c1-3-5-13-16-8-9-17(13)14-11(10(2)18)6-4-7-12(14)15/h4,6-10,18H,3,5H2,1-2H3/t10-/m1/s1. The molecule has 1 heterocycles. The Morgan fingerprint density at radius 3 is 2.89 bits per heavy atom. The van der Waals surface area contributed by atoms with Crippen LogP contribution in [0.4, 0.5) is 4.39 Å². The molecule has 96 valence electrons. The minimum atomic E-state index is -0.715. The van der Waals surface area contributed by atoms with E-state index in [1.165, 1.54) is 6.07 Å². The summed E-state index contributed by atoms with van der Waals surface area (Å²) < 4.78 is 15.8. The van der Waals surface area contributed by atoms with Gasteiger partial charge < -0.3 is 9.67 Å². The molecule has 0 bridgehead atoms. The number of imidazole rings is 1. The van der Waals surface area contributed by atoms with E-state index in [1.807, 2.05) is 0 Å². The molecule has 0 aliphatic rings. The highest BCUT2D eigenvalue weighted by atomic mass is 19.1. The smallest absolute Gasteiger partial charge is 0.147 e. The lowest BCUT2D eigenvalue weighted by molar-refractivity contribution is 0.198. The minimum Gasteiger partial charge on any atom is -0.389 e. The van der Waals surface area contributed by atoms with E-state index < -0.39 is 6.10 Å². The van der Waals surface area contributed by atoms with Crippen molar-refractivity contribution in [3.05, 3.63) is 47.8 Å². The molecule has 1 N–H and O–H groups in total. The van der Waals surface area contributed by atoms with Gasteiger partial charge in [-0.3, -0.25) is 0 Å². The molecular weight excluding hydrogens is 231 g/mol. The number of aliphatic hydroxyl groups excluding tert-OH is 1. The van der Waals surface area contributed by atoms with E-state index in [2.05, 4.69) is 11.9 Å². The number of aryl methyl sites for hydroxylation is 1. The van der Waals surface area contributed by atoms with Crippen LogP contribution in [0, 0.1) is 5.82 Å². The second-order valence-corrected chi connectivity index (χ2v) is 4.32. The summed E-state index contributed by atoms with van der Waals surface area (Å²) in [6.45, 7) is 3.69. The Morgan fingerprint density at radius 1 is 1.44 bits per heavy atom. The van der Waals surface area contributed by atoms with Crippen LogP contribution in [0.3, 0.4) is 0 Å². The van der Waals surface area contributed by atoms with Gasteiger partial charge in [0.05, 0.1) is 11.8 Å². The predicted molar refractivity (Wildman–Crippen MR) is 68.2 cm³/mol. The number of hydrogen-bond acceptors (Lipinski definition) is 2. The normalized spacial score (nSPS) is 12.7. The van der Waals surface area contributed by atoms with Gasteiger partial charge in [-0.1, -0.05) is 19.1 Å². The Kier molecular flexibility index (Phi) is 3.77. The summed E-state index contributed by atoms with van der Waals surface area (Å²) in [5.41, 5.74) is 0.971. The van der Waals surface area contributed by atoms with E-state index in [0.717, 1.165) is 18.7 Å². The van der Waals surface area contributed by atoms with Crippen molar-refractivity contribution in [3.8, 4) is 5.69 Å². The van der Waals surface area contributed by atoms with Gasteiger partial charge in [-0.2, -0.15) is 0 Å². The van der Waals surface area contributed by atoms with Crippen molar-refractivity contribution in [3.63, 3.8) is 0 Å². The van der Waals surface area contributed by atoms with Crippen molar-refractivity contribution < 1.29 is 9.50 Å². The van der Waals surface area contributed by atoms with Gasteiger partial charge in [0.1, 0.15) is 11.6 Å². The van der Waals surface area contributed by atoms with Crippen molar-refractivity contribution in [2.75, 3.05) is 0 Å². The summed E-state index contributed by atoms with van der Waals surface area (Å²) in [6, 6.07) is 4.74. The molecular formula is C14H17FN2O. The molecule has 0 aliphatic heterocycles. The maximum absolute atomic E-state index is 14.0. The molecule has 0 spiro atoms. The van der Waals surface area contributed by atoms with Crippen LogP contribution in [0.15, 0.2) is 30.6 Å². The molecule has 0 radical (unpaired) electrons. The number of aromatic nitrogens is 2. The maximum atomic E-state index is 14.0. The van der Waals surface area contributed by atoms with Crippen molar-refractivity contribution >= 4 is 0 Å². The molecule has 0 aliphatic carbocycles. The number of hydrogen-bond donors (Lipinski definition) is 1. The van der Waals surface area contributed by atoms with E-state index in [4.69, 9.17) is 0 Å². The maximum Gasteiger partial charge on any atom is 0.147 e. The third-order valence-corrected chi connectivity index (χ3v) is 2.90. The van der Waals surface area contributed by atoms with Gasteiger partial charge in [0, 0.05) is 24.4 Å². The summed E-state index contributed by atoms with van der Waals surface area (Å²) in [5, 5.41) is 9.75. The monoisotopic (exact) mass is 248 g/mol. The molecule has 0 saturated heterocycles. The number of benzene rings is 1. The lowest BCUT2D eigenvalue weighted by Crippen LogP contribution is -2.08. The highest BCUT2D eigenvalue weighted by Crippen LogP contribution is 2.25. The van der Waals surface area contributed by atoms with Crippen LogP contribution in [0.5, 0.6) is 0 Å². The van der Waals surface area contributed by atoms with E-state index in [0.29, 0.717) is 11.3 Å². The Balaban J connectivity index is 2.59. The Morgan fingerprint density at radius 2 is 2.22 bits per heavy atom. The summed E-state index contributed by atoms with van der Waals surface area (Å²) in [5.74, 6) is 0.466. The van der Waals surface area contributed by atoms with Gasteiger partial charge in [0.15, 0.2) is 0 Å². The van der Waals surface area contributed by atoms with Gasteiger partial charge in [0.2, 0.25) is 0 Å². The van der Waals surface area contributed by atoms with E-state index in [1.54, 1.807) is 36.0 Å². The Hall–Kier alpha value is -1.68. The lowest BCUT2D eigenvalue weighted by atomic mass is 10.1. The fourth-order valence-corrected chi connectivity index (χ4v) is 2.07. The van der Waals surface area contributed by atoms with Gasteiger partial charge in [-0.15, -0.1) is 0 Å². The summed E-state index contributed by atoms with van der Waals surface area (Å²) in [7, 11) is 0. The zero-order valence-corrected chi connectivity index (χ0v) is 10.6. The third-order valence-electron chi connectivity index (χ3n) is 2.90. The first-order valence-corrected chi connectivity index (χ1v) is 6.14. The average Bonchev–Trinajstić information content (AvgIpc) is 2.77.